The summed E-state index contributed by atoms with van der Waals surface area (Å²) in [5.74, 6) is 1.78. The molecule has 1 aliphatic rings. The fourth-order valence-corrected chi connectivity index (χ4v) is 13.6. The minimum atomic E-state index is -2.91. The molecule has 1 aliphatic heterocycles. The fraction of sp³-hybridized carbons (Fsp3) is 0.0200. The molecule has 10 aromatic rings. The second kappa shape index (κ2) is 12.6. The smallest absolute Gasteiger partial charge is 0.179 e. The summed E-state index contributed by atoms with van der Waals surface area (Å²) in [6, 6.07) is 70.4. The molecule has 0 unspecified atom stereocenters. The predicted molar refractivity (Wildman–Crippen MR) is 227 cm³/mol. The standard InChI is InChI=1S/C50H34N2O2Si/c1-3-16-37(17-4-1)55(38-18-5-2-6-19-38,40-21-12-15-36(31-40)41-23-13-27-48-50(41)42-22-7-10-26-46(42)54-48)39-20-11-14-34(30-39)35-28-29-47-45(32-35)52-44-25-9-8-24-43(44)51-49(52)33-53-47/h1-32H,33H2. The molecule has 260 valence electrons. The number of furan rings is 1. The van der Waals surface area contributed by atoms with Gasteiger partial charge in [0.15, 0.2) is 13.9 Å². The minimum absolute atomic E-state index is 0.448. The normalized spacial score (nSPS) is 12.4. The molecular formula is C50H34N2O2Si. The van der Waals surface area contributed by atoms with Crippen molar-refractivity contribution in [1.29, 1.82) is 0 Å². The molecule has 8 aromatic carbocycles. The number of benzene rings is 8. The summed E-state index contributed by atoms with van der Waals surface area (Å²) in [6.07, 6.45) is 0. The van der Waals surface area contributed by atoms with Crippen LogP contribution in [0.5, 0.6) is 5.75 Å². The zero-order valence-electron chi connectivity index (χ0n) is 29.9. The molecule has 0 amide bonds. The van der Waals surface area contributed by atoms with Crippen LogP contribution in [0.4, 0.5) is 0 Å². The van der Waals surface area contributed by atoms with Crippen molar-refractivity contribution in [3.8, 4) is 33.7 Å². The number of hydrogen-bond acceptors (Lipinski definition) is 3. The van der Waals surface area contributed by atoms with Crippen molar-refractivity contribution in [2.45, 2.75) is 6.61 Å². The van der Waals surface area contributed by atoms with Gasteiger partial charge in [0.05, 0.1) is 16.7 Å². The highest BCUT2D eigenvalue weighted by Gasteiger charge is 2.42. The Morgan fingerprint density at radius 1 is 0.491 bits per heavy atom. The van der Waals surface area contributed by atoms with Crippen LogP contribution in [-0.4, -0.2) is 17.6 Å². The lowest BCUT2D eigenvalue weighted by molar-refractivity contribution is 0.281. The third-order valence-electron chi connectivity index (χ3n) is 11.2. The van der Waals surface area contributed by atoms with Gasteiger partial charge in [-0.15, -0.1) is 0 Å². The first-order valence-electron chi connectivity index (χ1n) is 18.7. The summed E-state index contributed by atoms with van der Waals surface area (Å²) >= 11 is 0. The van der Waals surface area contributed by atoms with Crippen molar-refractivity contribution in [1.82, 2.24) is 9.55 Å². The number of hydrogen-bond donors (Lipinski definition) is 0. The van der Waals surface area contributed by atoms with Gasteiger partial charge in [0.2, 0.25) is 0 Å². The zero-order valence-corrected chi connectivity index (χ0v) is 30.9. The molecule has 0 saturated carbocycles. The Bertz CT molecular complexity index is 3020. The van der Waals surface area contributed by atoms with Crippen LogP contribution in [0.2, 0.25) is 0 Å². The summed E-state index contributed by atoms with van der Waals surface area (Å²) in [4.78, 5) is 4.90. The number of ether oxygens (including phenoxy) is 1. The predicted octanol–water partition coefficient (Wildman–Crippen LogP) is 9.53. The Balaban J connectivity index is 1.14. The molecule has 55 heavy (non-hydrogen) atoms. The third kappa shape index (κ3) is 4.94. The Kier molecular flexibility index (Phi) is 7.22. The molecule has 0 spiro atoms. The number of aromatic nitrogens is 2. The second-order valence-corrected chi connectivity index (χ2v) is 18.1. The van der Waals surface area contributed by atoms with Crippen LogP contribution in [0.3, 0.4) is 0 Å². The molecule has 0 N–H and O–H groups in total. The summed E-state index contributed by atoms with van der Waals surface area (Å²) in [5.41, 5.74) is 9.52. The van der Waals surface area contributed by atoms with Gasteiger partial charge in [0.25, 0.3) is 0 Å². The summed E-state index contributed by atoms with van der Waals surface area (Å²) in [5, 5.41) is 7.57. The molecule has 0 bridgehead atoms. The van der Waals surface area contributed by atoms with Crippen LogP contribution < -0.4 is 25.5 Å². The molecule has 5 heteroatoms. The Morgan fingerprint density at radius 2 is 1.11 bits per heavy atom. The molecule has 0 fully saturated rings. The third-order valence-corrected chi connectivity index (χ3v) is 16.0. The number of nitrogens with zero attached hydrogens (tertiary/aromatic N) is 2. The van der Waals surface area contributed by atoms with Gasteiger partial charge in [0.1, 0.15) is 23.5 Å². The highest BCUT2D eigenvalue weighted by atomic mass is 28.3. The van der Waals surface area contributed by atoms with Crippen molar-refractivity contribution in [3.63, 3.8) is 0 Å². The van der Waals surface area contributed by atoms with Gasteiger partial charge in [-0.1, -0.05) is 158 Å². The topological polar surface area (TPSA) is 40.2 Å². The minimum Gasteiger partial charge on any atom is -0.483 e. The second-order valence-electron chi connectivity index (χ2n) is 14.2. The van der Waals surface area contributed by atoms with Gasteiger partial charge in [-0.3, -0.25) is 4.57 Å². The van der Waals surface area contributed by atoms with E-state index in [1.54, 1.807) is 0 Å². The molecule has 3 heterocycles. The van der Waals surface area contributed by atoms with E-state index in [2.05, 4.69) is 187 Å². The van der Waals surface area contributed by atoms with E-state index < -0.39 is 8.07 Å². The van der Waals surface area contributed by atoms with Gasteiger partial charge in [-0.2, -0.15) is 0 Å². The van der Waals surface area contributed by atoms with Crippen molar-refractivity contribution >= 4 is 61.8 Å². The van der Waals surface area contributed by atoms with Crippen LogP contribution >= 0.6 is 0 Å². The van der Waals surface area contributed by atoms with Crippen LogP contribution in [0, 0.1) is 0 Å². The zero-order chi connectivity index (χ0) is 36.3. The van der Waals surface area contributed by atoms with E-state index >= 15 is 0 Å². The first-order chi connectivity index (χ1) is 27.3. The first-order valence-corrected chi connectivity index (χ1v) is 20.7. The van der Waals surface area contributed by atoms with E-state index in [1.165, 1.54) is 31.9 Å². The van der Waals surface area contributed by atoms with Gasteiger partial charge in [-0.25, -0.2) is 4.98 Å². The number of para-hydroxylation sites is 3. The van der Waals surface area contributed by atoms with Crippen LogP contribution in [0.1, 0.15) is 5.82 Å². The highest BCUT2D eigenvalue weighted by Crippen LogP contribution is 2.38. The molecular weight excluding hydrogens is 689 g/mol. The van der Waals surface area contributed by atoms with Crippen LogP contribution in [0.15, 0.2) is 199 Å². The van der Waals surface area contributed by atoms with Crippen molar-refractivity contribution < 1.29 is 9.15 Å². The van der Waals surface area contributed by atoms with E-state index in [4.69, 9.17) is 14.1 Å². The van der Waals surface area contributed by atoms with E-state index in [-0.39, 0.29) is 0 Å². The average molecular weight is 723 g/mol. The largest absolute Gasteiger partial charge is 0.483 e. The van der Waals surface area contributed by atoms with Crippen molar-refractivity contribution in [2.75, 3.05) is 0 Å². The van der Waals surface area contributed by atoms with E-state index in [0.29, 0.717) is 6.61 Å². The number of imidazole rings is 1. The van der Waals surface area contributed by atoms with Crippen molar-refractivity contribution in [2.24, 2.45) is 0 Å². The quantitative estimate of drug-likeness (QED) is 0.127. The molecule has 0 saturated heterocycles. The summed E-state index contributed by atoms with van der Waals surface area (Å²) in [6.45, 7) is 0.448. The lowest BCUT2D eigenvalue weighted by Crippen LogP contribution is -2.74. The van der Waals surface area contributed by atoms with Gasteiger partial charge >= 0.3 is 0 Å². The maximum Gasteiger partial charge on any atom is 0.179 e. The van der Waals surface area contributed by atoms with Gasteiger partial charge in [-0.05, 0) is 79.4 Å². The maximum atomic E-state index is 6.34. The molecule has 0 aliphatic carbocycles. The summed E-state index contributed by atoms with van der Waals surface area (Å²) in [7, 11) is -2.91. The number of rotatable bonds is 6. The monoisotopic (exact) mass is 722 g/mol. The SMILES string of the molecule is c1ccc([Si](c2ccccc2)(c2cccc(-c3ccc4c(c3)-n3c(nc5ccccc53)CO4)c2)c2cccc(-c3cccc4oc5ccccc5c34)c2)cc1. The van der Waals surface area contributed by atoms with Crippen LogP contribution in [-0.2, 0) is 6.61 Å². The van der Waals surface area contributed by atoms with Gasteiger partial charge < -0.3 is 9.15 Å². The molecule has 4 nitrogen and oxygen atoms in total. The maximum absolute atomic E-state index is 6.34. The van der Waals surface area contributed by atoms with Crippen LogP contribution in [0.25, 0.3) is 60.9 Å². The van der Waals surface area contributed by atoms with Crippen molar-refractivity contribution in [3.05, 3.63) is 200 Å². The first kappa shape index (κ1) is 31.6. The molecule has 2 aromatic heterocycles. The summed E-state index contributed by atoms with van der Waals surface area (Å²) < 4.78 is 14.8. The van der Waals surface area contributed by atoms with E-state index in [9.17, 15) is 0 Å². The van der Waals surface area contributed by atoms with E-state index in [0.717, 1.165) is 61.4 Å². The highest BCUT2D eigenvalue weighted by molar-refractivity contribution is 7.20. The number of fused-ring (bicyclic) bond motifs is 8. The average Bonchev–Trinajstić information content (AvgIpc) is 3.84. The van der Waals surface area contributed by atoms with Gasteiger partial charge in [0, 0.05) is 10.8 Å². The lowest BCUT2D eigenvalue weighted by Gasteiger charge is -2.35. The lowest BCUT2D eigenvalue weighted by atomic mass is 9.99. The Morgan fingerprint density at radius 3 is 1.91 bits per heavy atom. The molecule has 0 atom stereocenters. The Hall–Kier alpha value is -6.95. The fourth-order valence-electron chi connectivity index (χ4n) is 8.82. The molecule has 11 rings (SSSR count). The molecule has 0 radical (unpaired) electrons. The Labute approximate surface area is 319 Å². The van der Waals surface area contributed by atoms with E-state index in [1.807, 2.05) is 12.1 Å².